The first-order chi connectivity index (χ1) is 9.10. The van der Waals surface area contributed by atoms with Gasteiger partial charge in [0.2, 0.25) is 0 Å². The number of nitrogens with one attached hydrogen (secondary N) is 1. The van der Waals surface area contributed by atoms with Crippen molar-refractivity contribution in [3.05, 3.63) is 59.2 Å². The van der Waals surface area contributed by atoms with Crippen LogP contribution >= 0.6 is 0 Å². The van der Waals surface area contributed by atoms with E-state index in [9.17, 15) is 8.78 Å². The van der Waals surface area contributed by atoms with Crippen molar-refractivity contribution < 1.29 is 8.78 Å². The van der Waals surface area contributed by atoms with Crippen LogP contribution in [0.15, 0.2) is 36.4 Å². The zero-order valence-corrected chi connectivity index (χ0v) is 9.95. The minimum atomic E-state index is -0.785. The van der Waals surface area contributed by atoms with Gasteiger partial charge in [-0.05, 0) is 29.8 Å². The number of hydrogen-bond acceptors (Lipinski definition) is 3. The maximum Gasteiger partial charge on any atom is 0.150 e. The van der Waals surface area contributed by atoms with Crippen LogP contribution in [0, 0.1) is 23.0 Å². The molecule has 3 N–H and O–H groups in total. The van der Waals surface area contributed by atoms with Gasteiger partial charge in [-0.1, -0.05) is 12.1 Å². The summed E-state index contributed by atoms with van der Waals surface area (Å²) in [6.07, 6.45) is 0. The molecule has 0 atom stereocenters. The summed E-state index contributed by atoms with van der Waals surface area (Å²) < 4.78 is 27.2. The summed E-state index contributed by atoms with van der Waals surface area (Å²) in [6, 6.07) is 10.6. The molecule has 19 heavy (non-hydrogen) atoms. The van der Waals surface area contributed by atoms with Gasteiger partial charge in [-0.15, -0.1) is 0 Å². The number of hydrogen-bond donors (Lipinski definition) is 2. The van der Waals surface area contributed by atoms with Crippen molar-refractivity contribution in [1.29, 1.82) is 5.26 Å². The number of nitrogens with zero attached hydrogens (tertiary/aromatic N) is 1. The molecule has 0 aliphatic carbocycles. The van der Waals surface area contributed by atoms with E-state index in [-0.39, 0.29) is 17.8 Å². The van der Waals surface area contributed by atoms with E-state index in [2.05, 4.69) is 5.32 Å². The van der Waals surface area contributed by atoms with Crippen LogP contribution in [0.2, 0.25) is 0 Å². The van der Waals surface area contributed by atoms with E-state index in [1.165, 1.54) is 0 Å². The minimum Gasteiger partial charge on any atom is -0.399 e. The molecule has 2 aromatic rings. The molecule has 0 aromatic heterocycles. The highest BCUT2D eigenvalue weighted by atomic mass is 19.1. The van der Waals surface area contributed by atoms with Crippen molar-refractivity contribution >= 4 is 11.4 Å². The predicted octanol–water partition coefficient (Wildman–Crippen LogP) is 3.03. The minimum absolute atomic E-state index is 0.0481. The summed E-state index contributed by atoms with van der Waals surface area (Å²) >= 11 is 0. The van der Waals surface area contributed by atoms with Crippen molar-refractivity contribution in [3.8, 4) is 6.07 Å². The van der Waals surface area contributed by atoms with Crippen molar-refractivity contribution in [1.82, 2.24) is 0 Å². The molecular formula is C14H11F2N3. The number of anilines is 2. The summed E-state index contributed by atoms with van der Waals surface area (Å²) in [4.78, 5) is 0. The second-order valence-corrected chi connectivity index (χ2v) is 4.02. The van der Waals surface area contributed by atoms with Gasteiger partial charge in [0.25, 0.3) is 0 Å². The number of rotatable bonds is 3. The zero-order valence-electron chi connectivity index (χ0n) is 9.95. The highest BCUT2D eigenvalue weighted by Crippen LogP contribution is 2.21. The largest absolute Gasteiger partial charge is 0.399 e. The lowest BCUT2D eigenvalue weighted by molar-refractivity contribution is 0.587. The van der Waals surface area contributed by atoms with Crippen molar-refractivity contribution in [3.63, 3.8) is 0 Å². The molecule has 2 rings (SSSR count). The zero-order chi connectivity index (χ0) is 13.8. The molecule has 0 amide bonds. The lowest BCUT2D eigenvalue weighted by atomic mass is 10.1. The van der Waals surface area contributed by atoms with Crippen LogP contribution < -0.4 is 11.1 Å². The van der Waals surface area contributed by atoms with Crippen LogP contribution in [0.25, 0.3) is 0 Å². The molecule has 0 saturated heterocycles. The maximum absolute atomic E-state index is 13.6. The van der Waals surface area contributed by atoms with Gasteiger partial charge in [-0.2, -0.15) is 5.26 Å². The molecule has 0 spiro atoms. The highest BCUT2D eigenvalue weighted by Gasteiger charge is 2.10. The molecule has 3 nitrogen and oxygen atoms in total. The predicted molar refractivity (Wildman–Crippen MR) is 69.3 cm³/mol. The smallest absolute Gasteiger partial charge is 0.150 e. The highest BCUT2D eigenvalue weighted by molar-refractivity contribution is 5.51. The van der Waals surface area contributed by atoms with Crippen molar-refractivity contribution in [2.24, 2.45) is 0 Å². The number of nitriles is 1. The van der Waals surface area contributed by atoms with Gasteiger partial charge in [-0.3, -0.25) is 0 Å². The fourth-order valence-corrected chi connectivity index (χ4v) is 1.63. The number of halogens is 2. The van der Waals surface area contributed by atoms with Crippen LogP contribution in [-0.2, 0) is 6.54 Å². The van der Waals surface area contributed by atoms with Gasteiger partial charge in [0.1, 0.15) is 5.69 Å². The third-order valence-corrected chi connectivity index (χ3v) is 2.62. The molecular weight excluding hydrogens is 248 g/mol. The Labute approximate surface area is 109 Å². The molecule has 0 radical (unpaired) electrons. The van der Waals surface area contributed by atoms with Crippen LogP contribution in [0.1, 0.15) is 11.1 Å². The van der Waals surface area contributed by atoms with Gasteiger partial charge in [-0.25, -0.2) is 8.78 Å². The van der Waals surface area contributed by atoms with Gasteiger partial charge in [0.15, 0.2) is 11.6 Å². The Kier molecular flexibility index (Phi) is 3.62. The molecule has 0 fully saturated rings. The normalized spacial score (nSPS) is 9.95. The van der Waals surface area contributed by atoms with E-state index in [0.717, 1.165) is 17.7 Å². The van der Waals surface area contributed by atoms with E-state index in [4.69, 9.17) is 11.0 Å². The average Bonchev–Trinajstić information content (AvgIpc) is 2.39. The Morgan fingerprint density at radius 3 is 2.21 bits per heavy atom. The SMILES string of the molecule is N#Cc1cc(F)c(NCc2ccc(N)cc2)c(F)c1. The fourth-order valence-electron chi connectivity index (χ4n) is 1.63. The first-order valence-electron chi connectivity index (χ1n) is 5.57. The Hall–Kier alpha value is -2.61. The van der Waals surface area contributed by atoms with Gasteiger partial charge in [0, 0.05) is 12.2 Å². The lowest BCUT2D eigenvalue weighted by Gasteiger charge is -2.09. The van der Waals surface area contributed by atoms with E-state index in [0.29, 0.717) is 5.69 Å². The second-order valence-electron chi connectivity index (χ2n) is 4.02. The average molecular weight is 259 g/mol. The number of nitrogens with two attached hydrogens (primary N) is 1. The number of benzene rings is 2. The summed E-state index contributed by atoms with van der Waals surface area (Å²) in [6.45, 7) is 0.264. The molecule has 0 heterocycles. The van der Waals surface area contributed by atoms with Crippen LogP contribution in [0.4, 0.5) is 20.2 Å². The molecule has 2 aromatic carbocycles. The first-order valence-corrected chi connectivity index (χ1v) is 5.57. The molecule has 0 aliphatic rings. The van der Waals surface area contributed by atoms with Crippen molar-refractivity contribution in [2.75, 3.05) is 11.1 Å². The molecule has 0 bridgehead atoms. The van der Waals surface area contributed by atoms with Crippen LogP contribution in [0.5, 0.6) is 0 Å². The summed E-state index contributed by atoms with van der Waals surface area (Å²) in [5, 5.41) is 11.3. The summed E-state index contributed by atoms with van der Waals surface area (Å²) in [7, 11) is 0. The summed E-state index contributed by atoms with van der Waals surface area (Å²) in [5.41, 5.74) is 6.72. The molecule has 0 aliphatic heterocycles. The fraction of sp³-hybridized carbons (Fsp3) is 0.0714. The molecule has 96 valence electrons. The number of nitrogen functional groups attached to an aromatic ring is 1. The molecule has 0 unspecified atom stereocenters. The Morgan fingerprint density at radius 1 is 1.11 bits per heavy atom. The Bertz CT molecular complexity index is 607. The third-order valence-electron chi connectivity index (χ3n) is 2.62. The Balaban J connectivity index is 2.16. The third kappa shape index (κ3) is 2.99. The lowest BCUT2D eigenvalue weighted by Crippen LogP contribution is -2.04. The maximum atomic E-state index is 13.6. The van der Waals surface area contributed by atoms with Crippen molar-refractivity contribution in [2.45, 2.75) is 6.54 Å². The monoisotopic (exact) mass is 259 g/mol. The molecule has 5 heteroatoms. The van der Waals surface area contributed by atoms with Gasteiger partial charge in [0.05, 0.1) is 11.6 Å². The standard InChI is InChI=1S/C14H11F2N3/c15-12-5-10(7-17)6-13(16)14(12)19-8-9-1-3-11(18)4-2-9/h1-6,19H,8,18H2. The summed E-state index contributed by atoms with van der Waals surface area (Å²) in [5.74, 6) is -1.57. The topological polar surface area (TPSA) is 61.8 Å². The van der Waals surface area contributed by atoms with Crippen LogP contribution in [0.3, 0.4) is 0 Å². The van der Waals surface area contributed by atoms with E-state index < -0.39 is 11.6 Å². The van der Waals surface area contributed by atoms with E-state index in [1.807, 2.05) is 0 Å². The second kappa shape index (κ2) is 5.36. The van der Waals surface area contributed by atoms with Gasteiger partial charge < -0.3 is 11.1 Å². The van der Waals surface area contributed by atoms with E-state index in [1.54, 1.807) is 30.3 Å². The Morgan fingerprint density at radius 2 is 1.68 bits per heavy atom. The van der Waals surface area contributed by atoms with Crippen LogP contribution in [-0.4, -0.2) is 0 Å². The first kappa shape index (κ1) is 12.8. The molecule has 0 saturated carbocycles. The van der Waals surface area contributed by atoms with E-state index >= 15 is 0 Å². The van der Waals surface area contributed by atoms with Gasteiger partial charge >= 0.3 is 0 Å². The quantitative estimate of drug-likeness (QED) is 0.833.